The van der Waals surface area contributed by atoms with E-state index in [1.807, 2.05) is 0 Å². The molecule has 0 atom stereocenters. The Balaban J connectivity index is 1.51. The molecule has 0 aromatic carbocycles. The zero-order chi connectivity index (χ0) is 18.2. The molecule has 1 aromatic rings. The number of nitrogens with zero attached hydrogens (tertiary/aromatic N) is 1. The van der Waals surface area contributed by atoms with Crippen LogP contribution in [-0.4, -0.2) is 29.4 Å². The first-order chi connectivity index (χ1) is 12.7. The summed E-state index contributed by atoms with van der Waals surface area (Å²) in [5.74, 6) is -0.396. The van der Waals surface area contributed by atoms with E-state index in [9.17, 15) is 9.59 Å². The quantitative estimate of drug-likeness (QED) is 0.763. The highest BCUT2D eigenvalue weighted by Crippen LogP contribution is 2.19. The van der Waals surface area contributed by atoms with E-state index in [-0.39, 0.29) is 17.9 Å². The van der Waals surface area contributed by atoms with E-state index >= 15 is 0 Å². The molecular formula is C21H29N3O2. The average Bonchev–Trinajstić information content (AvgIpc) is 2.69. The standard InChI is InChI=1S/C21H29N3O2/c25-20(22-15-14-16-8-3-1-4-9-16)18-12-7-13-19(24-18)21(26)23-17-10-5-2-6-11-17/h7-8,12-13,17H,1-6,9-11,14-15H2,(H,22,25)(H,23,26). The second-order valence-corrected chi connectivity index (χ2v) is 7.33. The summed E-state index contributed by atoms with van der Waals surface area (Å²) in [7, 11) is 0. The molecule has 5 heteroatoms. The molecule has 1 heterocycles. The molecule has 0 spiro atoms. The van der Waals surface area contributed by atoms with Crippen molar-refractivity contribution in [3.8, 4) is 0 Å². The van der Waals surface area contributed by atoms with Gasteiger partial charge in [-0.15, -0.1) is 0 Å². The van der Waals surface area contributed by atoms with Crippen LogP contribution >= 0.6 is 0 Å². The van der Waals surface area contributed by atoms with E-state index in [0.717, 1.165) is 44.9 Å². The third kappa shape index (κ3) is 5.41. The number of rotatable bonds is 6. The summed E-state index contributed by atoms with van der Waals surface area (Å²) < 4.78 is 0. The van der Waals surface area contributed by atoms with Crippen LogP contribution in [0.15, 0.2) is 29.8 Å². The molecule has 1 fully saturated rings. The molecule has 2 N–H and O–H groups in total. The molecule has 0 bridgehead atoms. The highest BCUT2D eigenvalue weighted by atomic mass is 16.2. The highest BCUT2D eigenvalue weighted by molar-refractivity contribution is 5.96. The Morgan fingerprint density at radius 3 is 2.50 bits per heavy atom. The molecule has 1 aromatic heterocycles. The van der Waals surface area contributed by atoms with Crippen molar-refractivity contribution in [2.45, 2.75) is 70.3 Å². The molecule has 0 radical (unpaired) electrons. The van der Waals surface area contributed by atoms with Gasteiger partial charge < -0.3 is 10.6 Å². The topological polar surface area (TPSA) is 71.1 Å². The van der Waals surface area contributed by atoms with Crippen molar-refractivity contribution >= 4 is 11.8 Å². The van der Waals surface area contributed by atoms with Crippen LogP contribution < -0.4 is 10.6 Å². The Bertz CT molecular complexity index is 663. The lowest BCUT2D eigenvalue weighted by Crippen LogP contribution is -2.37. The largest absolute Gasteiger partial charge is 0.350 e. The number of hydrogen-bond donors (Lipinski definition) is 2. The van der Waals surface area contributed by atoms with Crippen LogP contribution in [0.25, 0.3) is 0 Å². The molecule has 2 amide bonds. The Labute approximate surface area is 155 Å². The molecule has 5 nitrogen and oxygen atoms in total. The lowest BCUT2D eigenvalue weighted by Gasteiger charge is -2.22. The molecular weight excluding hydrogens is 326 g/mol. The molecule has 0 unspecified atom stereocenters. The van der Waals surface area contributed by atoms with Crippen LogP contribution in [0.3, 0.4) is 0 Å². The normalized spacial score (nSPS) is 18.1. The van der Waals surface area contributed by atoms with Gasteiger partial charge in [0.05, 0.1) is 0 Å². The minimum absolute atomic E-state index is 0.182. The Morgan fingerprint density at radius 1 is 1.00 bits per heavy atom. The molecule has 26 heavy (non-hydrogen) atoms. The molecule has 2 aliphatic carbocycles. The zero-order valence-corrected chi connectivity index (χ0v) is 15.4. The lowest BCUT2D eigenvalue weighted by atomic mass is 9.95. The van der Waals surface area contributed by atoms with Crippen LogP contribution in [0, 0.1) is 0 Å². The van der Waals surface area contributed by atoms with Crippen LogP contribution in [0.4, 0.5) is 0 Å². The first-order valence-electron chi connectivity index (χ1n) is 9.96. The fraction of sp³-hybridized carbons (Fsp3) is 0.571. The molecule has 2 aliphatic rings. The second kappa shape index (κ2) is 9.51. The Kier molecular flexibility index (Phi) is 6.81. The van der Waals surface area contributed by atoms with Crippen LogP contribution in [0.2, 0.25) is 0 Å². The van der Waals surface area contributed by atoms with Gasteiger partial charge >= 0.3 is 0 Å². The van der Waals surface area contributed by atoms with Gasteiger partial charge in [0.15, 0.2) is 0 Å². The average molecular weight is 355 g/mol. The number of amides is 2. The highest BCUT2D eigenvalue weighted by Gasteiger charge is 2.18. The number of aromatic nitrogens is 1. The number of hydrogen-bond acceptors (Lipinski definition) is 3. The van der Waals surface area contributed by atoms with Crippen LogP contribution in [0.1, 0.15) is 85.2 Å². The maximum Gasteiger partial charge on any atom is 0.270 e. The third-order valence-corrected chi connectivity index (χ3v) is 5.27. The number of nitrogens with one attached hydrogen (secondary N) is 2. The second-order valence-electron chi connectivity index (χ2n) is 7.33. The van der Waals surface area contributed by atoms with Crippen molar-refractivity contribution in [3.63, 3.8) is 0 Å². The smallest absolute Gasteiger partial charge is 0.270 e. The van der Waals surface area contributed by atoms with Gasteiger partial charge in [0.25, 0.3) is 11.8 Å². The monoisotopic (exact) mass is 355 g/mol. The number of carbonyl (C=O) groups excluding carboxylic acids is 2. The molecule has 0 aliphatic heterocycles. The van der Waals surface area contributed by atoms with Gasteiger partial charge in [-0.1, -0.05) is 37.0 Å². The van der Waals surface area contributed by atoms with Gasteiger partial charge in [-0.05, 0) is 57.1 Å². The molecule has 1 saturated carbocycles. The van der Waals surface area contributed by atoms with E-state index in [2.05, 4.69) is 21.7 Å². The number of carbonyl (C=O) groups is 2. The maximum atomic E-state index is 12.4. The summed E-state index contributed by atoms with van der Waals surface area (Å²) in [5, 5.41) is 5.97. The van der Waals surface area contributed by atoms with Crippen molar-refractivity contribution in [2.24, 2.45) is 0 Å². The van der Waals surface area contributed by atoms with Gasteiger partial charge in [-0.2, -0.15) is 0 Å². The summed E-state index contributed by atoms with van der Waals surface area (Å²) in [5.41, 5.74) is 2.06. The first-order valence-corrected chi connectivity index (χ1v) is 9.96. The van der Waals surface area contributed by atoms with Gasteiger partial charge in [0, 0.05) is 12.6 Å². The van der Waals surface area contributed by atoms with E-state index in [1.54, 1.807) is 18.2 Å². The predicted octanol–water partition coefficient (Wildman–Crippen LogP) is 3.76. The van der Waals surface area contributed by atoms with E-state index in [4.69, 9.17) is 0 Å². The predicted molar refractivity (Wildman–Crippen MR) is 102 cm³/mol. The van der Waals surface area contributed by atoms with Crippen molar-refractivity contribution in [2.75, 3.05) is 6.54 Å². The van der Waals surface area contributed by atoms with Gasteiger partial charge in [0.2, 0.25) is 0 Å². The number of pyridine rings is 1. The fourth-order valence-corrected chi connectivity index (χ4v) is 3.75. The van der Waals surface area contributed by atoms with Crippen molar-refractivity contribution in [1.82, 2.24) is 15.6 Å². The Morgan fingerprint density at radius 2 is 1.77 bits per heavy atom. The summed E-state index contributed by atoms with van der Waals surface area (Å²) in [6.45, 7) is 0.616. The van der Waals surface area contributed by atoms with Crippen molar-refractivity contribution < 1.29 is 9.59 Å². The van der Waals surface area contributed by atoms with E-state index < -0.39 is 0 Å². The first kappa shape index (κ1) is 18.6. The maximum absolute atomic E-state index is 12.4. The van der Waals surface area contributed by atoms with Crippen LogP contribution in [-0.2, 0) is 0 Å². The third-order valence-electron chi connectivity index (χ3n) is 5.27. The lowest BCUT2D eigenvalue weighted by molar-refractivity contribution is 0.0922. The zero-order valence-electron chi connectivity index (χ0n) is 15.4. The van der Waals surface area contributed by atoms with Crippen molar-refractivity contribution in [3.05, 3.63) is 41.2 Å². The molecule has 3 rings (SSSR count). The van der Waals surface area contributed by atoms with E-state index in [0.29, 0.717) is 17.9 Å². The van der Waals surface area contributed by atoms with Gasteiger partial charge in [-0.25, -0.2) is 4.98 Å². The number of allylic oxidation sites excluding steroid dienone is 1. The van der Waals surface area contributed by atoms with E-state index in [1.165, 1.54) is 24.8 Å². The van der Waals surface area contributed by atoms with Crippen LogP contribution in [0.5, 0.6) is 0 Å². The summed E-state index contributed by atoms with van der Waals surface area (Å²) in [6.07, 6.45) is 13.6. The summed E-state index contributed by atoms with van der Waals surface area (Å²) in [6, 6.07) is 5.29. The Hall–Kier alpha value is -2.17. The fourth-order valence-electron chi connectivity index (χ4n) is 3.75. The van der Waals surface area contributed by atoms with Gasteiger partial charge in [0.1, 0.15) is 11.4 Å². The minimum atomic E-state index is -0.214. The summed E-state index contributed by atoms with van der Waals surface area (Å²) in [4.78, 5) is 29.0. The molecule has 140 valence electrons. The van der Waals surface area contributed by atoms with Crippen molar-refractivity contribution in [1.29, 1.82) is 0 Å². The summed E-state index contributed by atoms with van der Waals surface area (Å²) >= 11 is 0. The molecule has 0 saturated heterocycles. The van der Waals surface area contributed by atoms with Gasteiger partial charge in [-0.3, -0.25) is 9.59 Å². The SMILES string of the molecule is O=C(NCCC1=CCCCC1)c1cccc(C(=O)NC2CCCCC2)n1. The minimum Gasteiger partial charge on any atom is -0.350 e.